The molecule has 1 amide bonds. The SMILES string of the molecule is Cl.Cn1nnc2cc(C(=O)N3CCCC(N)C3)ccc21. The van der Waals surface area contributed by atoms with Gasteiger partial charge in [-0.1, -0.05) is 5.21 Å². The number of carbonyl (C=O) groups is 1. The fourth-order valence-electron chi connectivity index (χ4n) is 2.55. The molecule has 1 aromatic carbocycles. The molecule has 0 bridgehead atoms. The molecule has 6 nitrogen and oxygen atoms in total. The summed E-state index contributed by atoms with van der Waals surface area (Å²) in [6, 6.07) is 5.60. The Balaban J connectivity index is 0.00000147. The van der Waals surface area contributed by atoms with Gasteiger partial charge < -0.3 is 10.6 Å². The smallest absolute Gasteiger partial charge is 0.253 e. The predicted octanol–water partition coefficient (Wildman–Crippen LogP) is 0.953. The van der Waals surface area contributed by atoms with Crippen molar-refractivity contribution >= 4 is 29.3 Å². The highest BCUT2D eigenvalue weighted by Crippen LogP contribution is 2.16. The molecule has 20 heavy (non-hydrogen) atoms. The fourth-order valence-corrected chi connectivity index (χ4v) is 2.55. The van der Waals surface area contributed by atoms with Gasteiger partial charge in [0, 0.05) is 31.7 Å². The molecular weight excluding hydrogens is 278 g/mol. The van der Waals surface area contributed by atoms with Crippen LogP contribution in [0.3, 0.4) is 0 Å². The van der Waals surface area contributed by atoms with Crippen LogP contribution in [0.1, 0.15) is 23.2 Å². The molecule has 1 fully saturated rings. The molecule has 1 aromatic heterocycles. The van der Waals surface area contributed by atoms with Crippen LogP contribution in [0.25, 0.3) is 11.0 Å². The first-order valence-electron chi connectivity index (χ1n) is 6.49. The number of amides is 1. The average Bonchev–Trinajstić information content (AvgIpc) is 2.79. The van der Waals surface area contributed by atoms with E-state index in [1.165, 1.54) is 0 Å². The molecule has 2 aromatic rings. The third kappa shape index (κ3) is 2.62. The van der Waals surface area contributed by atoms with Gasteiger partial charge in [-0.25, -0.2) is 4.68 Å². The third-order valence-electron chi connectivity index (χ3n) is 3.60. The van der Waals surface area contributed by atoms with E-state index in [2.05, 4.69) is 10.3 Å². The molecule has 0 aliphatic carbocycles. The van der Waals surface area contributed by atoms with E-state index in [1.807, 2.05) is 24.1 Å². The van der Waals surface area contributed by atoms with E-state index in [-0.39, 0.29) is 24.4 Å². The van der Waals surface area contributed by atoms with Crippen LogP contribution in [0.5, 0.6) is 0 Å². The lowest BCUT2D eigenvalue weighted by Crippen LogP contribution is -2.45. The molecule has 0 spiro atoms. The van der Waals surface area contributed by atoms with Crippen molar-refractivity contribution < 1.29 is 4.79 Å². The van der Waals surface area contributed by atoms with E-state index in [0.29, 0.717) is 12.1 Å². The number of halogens is 1. The zero-order chi connectivity index (χ0) is 13.4. The minimum Gasteiger partial charge on any atom is -0.337 e. The Morgan fingerprint density at radius 1 is 1.45 bits per heavy atom. The average molecular weight is 296 g/mol. The molecule has 1 atom stereocenters. The molecule has 1 aliphatic rings. The van der Waals surface area contributed by atoms with Crippen molar-refractivity contribution in [3.63, 3.8) is 0 Å². The van der Waals surface area contributed by atoms with Gasteiger partial charge in [0.1, 0.15) is 5.52 Å². The first kappa shape index (κ1) is 14.7. The van der Waals surface area contributed by atoms with Crippen LogP contribution in [0.15, 0.2) is 18.2 Å². The van der Waals surface area contributed by atoms with Crippen LogP contribution in [0.2, 0.25) is 0 Å². The lowest BCUT2D eigenvalue weighted by Gasteiger charge is -2.30. The number of likely N-dealkylation sites (tertiary alicyclic amines) is 1. The van der Waals surface area contributed by atoms with Crippen molar-refractivity contribution in [1.29, 1.82) is 0 Å². The van der Waals surface area contributed by atoms with E-state index < -0.39 is 0 Å². The van der Waals surface area contributed by atoms with Gasteiger partial charge in [0.15, 0.2) is 0 Å². The number of nitrogens with zero attached hydrogens (tertiary/aromatic N) is 4. The first-order chi connectivity index (χ1) is 9.15. The Labute approximate surface area is 123 Å². The number of aromatic nitrogens is 3. The quantitative estimate of drug-likeness (QED) is 0.850. The van der Waals surface area contributed by atoms with Crippen LogP contribution >= 0.6 is 12.4 Å². The van der Waals surface area contributed by atoms with Crippen molar-refractivity contribution in [1.82, 2.24) is 19.9 Å². The number of carbonyl (C=O) groups excluding carboxylic acids is 1. The number of rotatable bonds is 1. The molecule has 1 saturated heterocycles. The molecule has 0 radical (unpaired) electrons. The maximum atomic E-state index is 12.4. The Bertz CT molecular complexity index is 626. The number of fused-ring (bicyclic) bond motifs is 1. The van der Waals surface area contributed by atoms with Crippen molar-refractivity contribution in [2.75, 3.05) is 13.1 Å². The monoisotopic (exact) mass is 295 g/mol. The topological polar surface area (TPSA) is 77.0 Å². The van der Waals surface area contributed by atoms with Crippen molar-refractivity contribution in [3.05, 3.63) is 23.8 Å². The lowest BCUT2D eigenvalue weighted by molar-refractivity contribution is 0.0709. The largest absolute Gasteiger partial charge is 0.337 e. The van der Waals surface area contributed by atoms with Crippen molar-refractivity contribution in [3.8, 4) is 0 Å². The maximum absolute atomic E-state index is 12.4. The number of piperidine rings is 1. The number of hydrogen-bond acceptors (Lipinski definition) is 4. The van der Waals surface area contributed by atoms with Gasteiger partial charge in [-0.2, -0.15) is 0 Å². The Morgan fingerprint density at radius 2 is 2.25 bits per heavy atom. The normalized spacial score (nSPS) is 18.9. The summed E-state index contributed by atoms with van der Waals surface area (Å²) < 4.78 is 1.69. The number of aryl methyl sites for hydroxylation is 1. The first-order valence-corrected chi connectivity index (χ1v) is 6.49. The van der Waals surface area contributed by atoms with Gasteiger partial charge in [-0.05, 0) is 31.0 Å². The van der Waals surface area contributed by atoms with Gasteiger partial charge >= 0.3 is 0 Å². The summed E-state index contributed by atoms with van der Waals surface area (Å²) in [5.41, 5.74) is 8.24. The van der Waals surface area contributed by atoms with Crippen molar-refractivity contribution in [2.45, 2.75) is 18.9 Å². The van der Waals surface area contributed by atoms with Crippen LogP contribution in [-0.4, -0.2) is 44.9 Å². The van der Waals surface area contributed by atoms with E-state index in [9.17, 15) is 4.79 Å². The maximum Gasteiger partial charge on any atom is 0.253 e. The summed E-state index contributed by atoms with van der Waals surface area (Å²) in [7, 11) is 1.83. The van der Waals surface area contributed by atoms with Crippen LogP contribution in [0.4, 0.5) is 0 Å². The summed E-state index contributed by atoms with van der Waals surface area (Å²) in [6.07, 6.45) is 1.97. The van der Waals surface area contributed by atoms with Crippen LogP contribution in [-0.2, 0) is 7.05 Å². The standard InChI is InChI=1S/C13H17N5O.ClH/c1-17-12-5-4-9(7-11(12)15-16-17)13(19)18-6-2-3-10(14)8-18;/h4-5,7,10H,2-3,6,8,14H2,1H3;1H. The summed E-state index contributed by atoms with van der Waals surface area (Å²) in [6.45, 7) is 1.42. The zero-order valence-corrected chi connectivity index (χ0v) is 12.1. The van der Waals surface area contributed by atoms with Gasteiger partial charge in [0.05, 0.1) is 5.52 Å². The van der Waals surface area contributed by atoms with E-state index in [4.69, 9.17) is 5.73 Å². The molecule has 2 N–H and O–H groups in total. The molecule has 7 heteroatoms. The minimum atomic E-state index is 0. The van der Waals surface area contributed by atoms with Crippen LogP contribution in [0, 0.1) is 0 Å². The zero-order valence-electron chi connectivity index (χ0n) is 11.3. The highest BCUT2D eigenvalue weighted by atomic mass is 35.5. The minimum absolute atomic E-state index is 0. The second kappa shape index (κ2) is 5.76. The Kier molecular flexibility index (Phi) is 4.25. The van der Waals surface area contributed by atoms with Gasteiger partial charge in [0.2, 0.25) is 0 Å². The summed E-state index contributed by atoms with van der Waals surface area (Å²) >= 11 is 0. The van der Waals surface area contributed by atoms with Gasteiger partial charge in [-0.15, -0.1) is 17.5 Å². The second-order valence-corrected chi connectivity index (χ2v) is 5.07. The lowest BCUT2D eigenvalue weighted by atomic mass is 10.1. The fraction of sp³-hybridized carbons (Fsp3) is 0.462. The van der Waals surface area contributed by atoms with Gasteiger partial charge in [0.25, 0.3) is 5.91 Å². The highest BCUT2D eigenvalue weighted by Gasteiger charge is 2.22. The molecule has 1 unspecified atom stereocenters. The predicted molar refractivity (Wildman–Crippen MR) is 78.9 cm³/mol. The third-order valence-corrected chi connectivity index (χ3v) is 3.60. The number of nitrogens with two attached hydrogens (primary N) is 1. The second-order valence-electron chi connectivity index (χ2n) is 5.07. The van der Waals surface area contributed by atoms with Crippen LogP contribution < -0.4 is 5.73 Å². The number of benzene rings is 1. The number of hydrogen-bond donors (Lipinski definition) is 1. The molecule has 1 aliphatic heterocycles. The van der Waals surface area contributed by atoms with E-state index >= 15 is 0 Å². The van der Waals surface area contributed by atoms with Crippen molar-refractivity contribution in [2.24, 2.45) is 12.8 Å². The highest BCUT2D eigenvalue weighted by molar-refractivity contribution is 5.97. The molecule has 3 rings (SSSR count). The summed E-state index contributed by atoms with van der Waals surface area (Å²) in [5.74, 6) is 0.0303. The molecule has 0 saturated carbocycles. The molecule has 108 valence electrons. The summed E-state index contributed by atoms with van der Waals surface area (Å²) in [4.78, 5) is 14.2. The molecular formula is C13H18ClN5O. The van der Waals surface area contributed by atoms with Gasteiger partial charge in [-0.3, -0.25) is 4.79 Å². The Hall–Kier alpha value is -1.66. The summed E-state index contributed by atoms with van der Waals surface area (Å²) in [5, 5.41) is 7.98. The van der Waals surface area contributed by atoms with E-state index in [1.54, 1.807) is 10.7 Å². The Morgan fingerprint density at radius 3 is 3.00 bits per heavy atom. The van der Waals surface area contributed by atoms with E-state index in [0.717, 1.165) is 30.4 Å². The molecule has 2 heterocycles.